The number of unbranched alkanes of at least 4 members (excludes halogenated alkanes) is 1. The smallest absolute Gasteiger partial charge is 0.105 e. The molecule has 0 aromatic rings. The fourth-order valence-electron chi connectivity index (χ4n) is 2.80. The Bertz CT molecular complexity index is 368. The van der Waals surface area contributed by atoms with Gasteiger partial charge in [0.05, 0.1) is 6.61 Å². The highest BCUT2D eigenvalue weighted by atomic mass is 16.5. The van der Waals surface area contributed by atoms with E-state index in [1.54, 1.807) is 5.57 Å². The molecule has 2 atom stereocenters. The summed E-state index contributed by atoms with van der Waals surface area (Å²) in [6.07, 6.45) is 10.4. The lowest BCUT2D eigenvalue weighted by atomic mass is 9.96. The third kappa shape index (κ3) is 4.60. The quantitative estimate of drug-likeness (QED) is 0.491. The summed E-state index contributed by atoms with van der Waals surface area (Å²) in [6, 6.07) is 0. The molecule has 1 N–H and O–H groups in total. The predicted molar refractivity (Wildman–Crippen MR) is 87.7 cm³/mol. The van der Waals surface area contributed by atoms with Crippen LogP contribution in [0.4, 0.5) is 0 Å². The van der Waals surface area contributed by atoms with Gasteiger partial charge in [0.15, 0.2) is 0 Å². The molecule has 0 amide bonds. The van der Waals surface area contributed by atoms with Crippen molar-refractivity contribution in [3.63, 3.8) is 0 Å². The number of hydrogen-bond donors (Lipinski definition) is 1. The van der Waals surface area contributed by atoms with Crippen molar-refractivity contribution >= 4 is 0 Å². The van der Waals surface area contributed by atoms with Crippen LogP contribution in [-0.4, -0.2) is 19.9 Å². The van der Waals surface area contributed by atoms with Crippen LogP contribution >= 0.6 is 0 Å². The third-order valence-corrected chi connectivity index (χ3v) is 4.04. The van der Waals surface area contributed by atoms with E-state index in [-0.39, 0.29) is 6.23 Å². The summed E-state index contributed by atoms with van der Waals surface area (Å²) in [4.78, 5) is 0. The van der Waals surface area contributed by atoms with Gasteiger partial charge in [-0.2, -0.15) is 0 Å². The number of nitrogens with one attached hydrogen (secondary N) is 1. The molecule has 0 saturated carbocycles. The Morgan fingerprint density at radius 1 is 1.40 bits per heavy atom. The van der Waals surface area contributed by atoms with E-state index >= 15 is 0 Å². The maximum atomic E-state index is 5.91. The van der Waals surface area contributed by atoms with Crippen LogP contribution in [0.1, 0.15) is 52.9 Å². The molecule has 0 fully saturated rings. The van der Waals surface area contributed by atoms with Crippen molar-refractivity contribution in [3.8, 4) is 0 Å². The SMILES string of the molecule is C=CC1=C(CCC)C/C(=C\CCC)C1COC(C)NC. The Labute approximate surface area is 125 Å². The van der Waals surface area contributed by atoms with Gasteiger partial charge in [0.25, 0.3) is 0 Å². The molecule has 20 heavy (non-hydrogen) atoms. The molecule has 0 spiro atoms. The monoisotopic (exact) mass is 277 g/mol. The van der Waals surface area contributed by atoms with Crippen LogP contribution < -0.4 is 5.32 Å². The van der Waals surface area contributed by atoms with Crippen LogP contribution in [0.5, 0.6) is 0 Å². The fourth-order valence-corrected chi connectivity index (χ4v) is 2.80. The van der Waals surface area contributed by atoms with Gasteiger partial charge in [0.1, 0.15) is 6.23 Å². The van der Waals surface area contributed by atoms with Crippen LogP contribution in [0.3, 0.4) is 0 Å². The first-order valence-electron chi connectivity index (χ1n) is 7.99. The predicted octanol–water partition coefficient (Wildman–Crippen LogP) is 4.60. The molecule has 2 nitrogen and oxygen atoms in total. The van der Waals surface area contributed by atoms with E-state index in [0.717, 1.165) is 19.4 Å². The molecule has 0 saturated heterocycles. The van der Waals surface area contributed by atoms with Crippen LogP contribution in [0.25, 0.3) is 0 Å². The first-order valence-corrected chi connectivity index (χ1v) is 7.99. The largest absolute Gasteiger partial charge is 0.363 e. The lowest BCUT2D eigenvalue weighted by Gasteiger charge is -2.19. The van der Waals surface area contributed by atoms with Crippen LogP contribution in [-0.2, 0) is 4.74 Å². The van der Waals surface area contributed by atoms with E-state index in [0.29, 0.717) is 5.92 Å². The summed E-state index contributed by atoms with van der Waals surface area (Å²) in [7, 11) is 1.93. The molecule has 1 rings (SSSR count). The lowest BCUT2D eigenvalue weighted by Crippen LogP contribution is -2.27. The van der Waals surface area contributed by atoms with Crippen LogP contribution in [0.2, 0.25) is 0 Å². The van der Waals surface area contributed by atoms with Crippen molar-refractivity contribution in [3.05, 3.63) is 35.5 Å². The van der Waals surface area contributed by atoms with Crippen molar-refractivity contribution in [2.24, 2.45) is 5.92 Å². The van der Waals surface area contributed by atoms with Gasteiger partial charge in [0, 0.05) is 5.92 Å². The Morgan fingerprint density at radius 3 is 2.70 bits per heavy atom. The Morgan fingerprint density at radius 2 is 2.15 bits per heavy atom. The minimum absolute atomic E-state index is 0.101. The van der Waals surface area contributed by atoms with E-state index in [1.165, 1.54) is 30.4 Å². The second-order valence-corrected chi connectivity index (χ2v) is 5.57. The van der Waals surface area contributed by atoms with Gasteiger partial charge >= 0.3 is 0 Å². The average Bonchev–Trinajstić information content (AvgIpc) is 2.79. The Kier molecular flexibility index (Phi) is 7.86. The first-order chi connectivity index (χ1) is 9.67. The molecular weight excluding hydrogens is 246 g/mol. The minimum Gasteiger partial charge on any atom is -0.363 e. The molecule has 1 aliphatic carbocycles. The zero-order valence-electron chi connectivity index (χ0n) is 13.7. The molecule has 114 valence electrons. The summed E-state index contributed by atoms with van der Waals surface area (Å²) >= 11 is 0. The first kappa shape index (κ1) is 17.2. The van der Waals surface area contributed by atoms with Gasteiger partial charge < -0.3 is 4.74 Å². The molecule has 0 aliphatic heterocycles. The van der Waals surface area contributed by atoms with Gasteiger partial charge in [-0.3, -0.25) is 5.32 Å². The van der Waals surface area contributed by atoms with Crippen LogP contribution in [0.15, 0.2) is 35.5 Å². The topological polar surface area (TPSA) is 21.3 Å². The molecule has 0 aromatic carbocycles. The molecule has 0 radical (unpaired) electrons. The molecule has 0 aromatic heterocycles. The van der Waals surface area contributed by atoms with E-state index in [1.807, 2.05) is 7.05 Å². The van der Waals surface area contributed by atoms with Crippen molar-refractivity contribution in [2.75, 3.05) is 13.7 Å². The fraction of sp³-hybridized carbons (Fsp3) is 0.667. The van der Waals surface area contributed by atoms with E-state index in [9.17, 15) is 0 Å². The highest BCUT2D eigenvalue weighted by molar-refractivity contribution is 5.43. The highest BCUT2D eigenvalue weighted by Gasteiger charge is 2.27. The number of allylic oxidation sites excluding steroid dienone is 3. The normalized spacial score (nSPS) is 22.6. The molecule has 2 unspecified atom stereocenters. The summed E-state index contributed by atoms with van der Waals surface area (Å²) in [6.45, 7) is 11.3. The van der Waals surface area contributed by atoms with Gasteiger partial charge in [-0.1, -0.05) is 56.6 Å². The summed E-state index contributed by atoms with van der Waals surface area (Å²) in [5.41, 5.74) is 4.52. The summed E-state index contributed by atoms with van der Waals surface area (Å²) in [5.74, 6) is 0.413. The van der Waals surface area contributed by atoms with Gasteiger partial charge in [-0.25, -0.2) is 0 Å². The number of hydrogen-bond acceptors (Lipinski definition) is 2. The van der Waals surface area contributed by atoms with Crippen LogP contribution in [0, 0.1) is 5.92 Å². The van der Waals surface area contributed by atoms with E-state index < -0.39 is 0 Å². The zero-order chi connectivity index (χ0) is 15.0. The van der Waals surface area contributed by atoms with E-state index in [4.69, 9.17) is 4.74 Å². The maximum absolute atomic E-state index is 5.91. The minimum atomic E-state index is 0.101. The van der Waals surface area contributed by atoms with Crippen molar-refractivity contribution in [2.45, 2.75) is 59.1 Å². The Balaban J connectivity index is 2.86. The number of rotatable bonds is 9. The second kappa shape index (κ2) is 9.15. The highest BCUT2D eigenvalue weighted by Crippen LogP contribution is 2.40. The standard InChI is InChI=1S/C18H31NO/c1-6-9-11-16-12-15(10-7-2)17(8-3)18(16)13-20-14(4)19-5/h8,11,14,18-19H,3,6-7,9-10,12-13H2,1-2,4-5H3/b16-11+. The molecule has 0 heterocycles. The maximum Gasteiger partial charge on any atom is 0.105 e. The lowest BCUT2D eigenvalue weighted by molar-refractivity contribution is 0.0380. The summed E-state index contributed by atoms with van der Waals surface area (Å²) in [5, 5.41) is 3.13. The van der Waals surface area contributed by atoms with Gasteiger partial charge in [-0.05, 0) is 38.8 Å². The molecule has 1 aliphatic rings. The van der Waals surface area contributed by atoms with E-state index in [2.05, 4.69) is 44.8 Å². The molecular formula is C18H31NO. The average molecular weight is 277 g/mol. The van der Waals surface area contributed by atoms with Gasteiger partial charge in [0.2, 0.25) is 0 Å². The Hall–Kier alpha value is -0.860. The number of ether oxygens (including phenoxy) is 1. The van der Waals surface area contributed by atoms with Crippen molar-refractivity contribution in [1.29, 1.82) is 0 Å². The zero-order valence-corrected chi connectivity index (χ0v) is 13.7. The van der Waals surface area contributed by atoms with Crippen molar-refractivity contribution in [1.82, 2.24) is 5.32 Å². The van der Waals surface area contributed by atoms with Crippen molar-refractivity contribution < 1.29 is 4.74 Å². The summed E-state index contributed by atoms with van der Waals surface area (Å²) < 4.78 is 5.91. The molecule has 0 bridgehead atoms. The molecule has 2 heteroatoms. The third-order valence-electron chi connectivity index (χ3n) is 4.04. The van der Waals surface area contributed by atoms with Gasteiger partial charge in [-0.15, -0.1) is 0 Å². The second-order valence-electron chi connectivity index (χ2n) is 5.57.